The maximum Gasteiger partial charge on any atom is 0.243 e. The summed E-state index contributed by atoms with van der Waals surface area (Å²) in [7, 11) is 0. The number of benzene rings is 1. The molecule has 0 spiro atoms. The van der Waals surface area contributed by atoms with Crippen LogP contribution in [0.3, 0.4) is 0 Å². The summed E-state index contributed by atoms with van der Waals surface area (Å²) in [5.41, 5.74) is 1.40. The Morgan fingerprint density at radius 1 is 0.941 bits per heavy atom. The maximum atomic E-state index is 14.8. The SMILES string of the molecule is CCCCCCCCCC(=O)N(CCC)CC(=O)N1CCn2cccc2C1c1ccccc1F. The zero-order valence-electron chi connectivity index (χ0n) is 20.8. The first kappa shape index (κ1) is 26.0. The van der Waals surface area contributed by atoms with Gasteiger partial charge in [0.2, 0.25) is 11.8 Å². The van der Waals surface area contributed by atoms with Crippen molar-refractivity contribution in [2.75, 3.05) is 19.6 Å². The molecule has 6 heteroatoms. The van der Waals surface area contributed by atoms with E-state index in [1.165, 1.54) is 31.7 Å². The van der Waals surface area contributed by atoms with Crippen LogP contribution in [0.25, 0.3) is 0 Å². The normalized spacial score (nSPS) is 15.3. The summed E-state index contributed by atoms with van der Waals surface area (Å²) in [6.07, 6.45) is 11.4. The zero-order chi connectivity index (χ0) is 24.3. The average molecular weight is 470 g/mol. The Bertz CT molecular complexity index is 926. The Morgan fingerprint density at radius 2 is 1.68 bits per heavy atom. The molecule has 0 aliphatic carbocycles. The molecule has 3 rings (SSSR count). The number of hydrogen-bond acceptors (Lipinski definition) is 2. The Balaban J connectivity index is 1.65. The lowest BCUT2D eigenvalue weighted by atomic mass is 9.99. The van der Waals surface area contributed by atoms with E-state index in [0.717, 1.165) is 31.4 Å². The first-order chi connectivity index (χ1) is 16.6. The summed E-state index contributed by atoms with van der Waals surface area (Å²) in [5, 5.41) is 0. The van der Waals surface area contributed by atoms with Gasteiger partial charge in [0, 0.05) is 43.5 Å². The Morgan fingerprint density at radius 3 is 2.41 bits per heavy atom. The molecule has 5 nitrogen and oxygen atoms in total. The van der Waals surface area contributed by atoms with Crippen molar-refractivity contribution in [2.24, 2.45) is 0 Å². The number of aromatic nitrogens is 1. The van der Waals surface area contributed by atoms with Crippen LogP contribution in [0.2, 0.25) is 0 Å². The van der Waals surface area contributed by atoms with Gasteiger partial charge < -0.3 is 14.4 Å². The van der Waals surface area contributed by atoms with Gasteiger partial charge in [0.05, 0.1) is 6.54 Å². The summed E-state index contributed by atoms with van der Waals surface area (Å²) in [4.78, 5) is 29.9. The van der Waals surface area contributed by atoms with Gasteiger partial charge in [-0.2, -0.15) is 0 Å². The predicted molar refractivity (Wildman–Crippen MR) is 134 cm³/mol. The Labute approximate surface area is 203 Å². The van der Waals surface area contributed by atoms with E-state index in [1.54, 1.807) is 28.0 Å². The van der Waals surface area contributed by atoms with Crippen molar-refractivity contribution in [1.82, 2.24) is 14.4 Å². The third kappa shape index (κ3) is 6.71. The molecule has 1 aromatic carbocycles. The highest BCUT2D eigenvalue weighted by Gasteiger charge is 2.34. The minimum absolute atomic E-state index is 0.0478. The second-order valence-electron chi connectivity index (χ2n) is 9.32. The van der Waals surface area contributed by atoms with Gasteiger partial charge in [-0.25, -0.2) is 4.39 Å². The fourth-order valence-electron chi connectivity index (χ4n) is 4.88. The van der Waals surface area contributed by atoms with Gasteiger partial charge in [0.25, 0.3) is 0 Å². The molecule has 0 radical (unpaired) electrons. The number of fused-ring (bicyclic) bond motifs is 1. The third-order valence-corrected chi connectivity index (χ3v) is 6.72. The molecule has 0 N–H and O–H groups in total. The van der Waals surface area contributed by atoms with Gasteiger partial charge >= 0.3 is 0 Å². The minimum Gasteiger partial charge on any atom is -0.348 e. The molecule has 0 saturated carbocycles. The third-order valence-electron chi connectivity index (χ3n) is 6.72. The van der Waals surface area contributed by atoms with Crippen molar-refractivity contribution in [2.45, 2.75) is 84.2 Å². The summed E-state index contributed by atoms with van der Waals surface area (Å²) in [6.45, 7) is 6.01. The molecule has 186 valence electrons. The summed E-state index contributed by atoms with van der Waals surface area (Å²) in [5.74, 6) is -0.394. The molecule has 0 bridgehead atoms. The Kier molecular flexibility index (Phi) is 10.2. The fourth-order valence-corrected chi connectivity index (χ4v) is 4.88. The molecule has 1 aliphatic heterocycles. The van der Waals surface area contributed by atoms with Crippen LogP contribution in [0.5, 0.6) is 0 Å². The Hall–Kier alpha value is -2.63. The van der Waals surface area contributed by atoms with Crippen molar-refractivity contribution < 1.29 is 14.0 Å². The van der Waals surface area contributed by atoms with Gasteiger partial charge in [-0.1, -0.05) is 70.6 Å². The number of halogens is 1. The summed E-state index contributed by atoms with van der Waals surface area (Å²) < 4.78 is 16.9. The molecule has 0 saturated heterocycles. The van der Waals surface area contributed by atoms with Crippen molar-refractivity contribution in [3.63, 3.8) is 0 Å². The van der Waals surface area contributed by atoms with Crippen LogP contribution in [-0.2, 0) is 16.1 Å². The van der Waals surface area contributed by atoms with Gasteiger partial charge in [-0.05, 0) is 31.0 Å². The summed E-state index contributed by atoms with van der Waals surface area (Å²) >= 11 is 0. The molecule has 2 aromatic rings. The van der Waals surface area contributed by atoms with Crippen molar-refractivity contribution in [1.29, 1.82) is 0 Å². The van der Waals surface area contributed by atoms with Crippen LogP contribution in [0.4, 0.5) is 4.39 Å². The van der Waals surface area contributed by atoms with Crippen molar-refractivity contribution in [3.8, 4) is 0 Å². The molecule has 1 atom stereocenters. The number of carbonyl (C=O) groups excluding carboxylic acids is 2. The van der Waals surface area contributed by atoms with Crippen LogP contribution >= 0.6 is 0 Å². The largest absolute Gasteiger partial charge is 0.348 e. The van der Waals surface area contributed by atoms with E-state index in [-0.39, 0.29) is 24.2 Å². The summed E-state index contributed by atoms with van der Waals surface area (Å²) in [6, 6.07) is 10.1. The quantitative estimate of drug-likeness (QED) is 0.341. The van der Waals surface area contributed by atoms with Crippen molar-refractivity contribution >= 4 is 11.8 Å². The van der Waals surface area contributed by atoms with Gasteiger partial charge in [-0.3, -0.25) is 9.59 Å². The highest BCUT2D eigenvalue weighted by atomic mass is 19.1. The average Bonchev–Trinajstić information content (AvgIpc) is 3.32. The van der Waals surface area contributed by atoms with E-state index in [9.17, 15) is 14.0 Å². The topological polar surface area (TPSA) is 45.6 Å². The predicted octanol–water partition coefficient (Wildman–Crippen LogP) is 5.94. The molecule has 1 aromatic heterocycles. The van der Waals surface area contributed by atoms with Crippen LogP contribution in [-0.4, -0.2) is 45.8 Å². The molecular formula is C28H40FN3O2. The second kappa shape index (κ2) is 13.3. The van der Waals surface area contributed by atoms with E-state index >= 15 is 0 Å². The highest BCUT2D eigenvalue weighted by Crippen LogP contribution is 2.34. The zero-order valence-corrected chi connectivity index (χ0v) is 20.8. The lowest BCUT2D eigenvalue weighted by Gasteiger charge is -2.38. The van der Waals surface area contributed by atoms with Gasteiger partial charge in [0.15, 0.2) is 0 Å². The molecule has 2 heterocycles. The number of carbonyl (C=O) groups is 2. The van der Waals surface area contributed by atoms with E-state index in [2.05, 4.69) is 11.5 Å². The van der Waals surface area contributed by atoms with Crippen molar-refractivity contribution in [3.05, 3.63) is 59.7 Å². The minimum atomic E-state index is -0.487. The number of unbranched alkanes of at least 4 members (excludes halogenated alkanes) is 6. The lowest BCUT2D eigenvalue weighted by molar-refractivity contribution is -0.142. The molecule has 1 unspecified atom stereocenters. The van der Waals surface area contributed by atoms with Crippen LogP contribution in [0.1, 0.15) is 88.9 Å². The van der Waals surface area contributed by atoms with E-state index in [4.69, 9.17) is 0 Å². The molecule has 0 fully saturated rings. The van der Waals surface area contributed by atoms with E-state index < -0.39 is 6.04 Å². The molecule has 2 amide bonds. The number of nitrogens with zero attached hydrogens (tertiary/aromatic N) is 3. The first-order valence-electron chi connectivity index (χ1n) is 13.0. The monoisotopic (exact) mass is 469 g/mol. The number of rotatable bonds is 13. The number of hydrogen-bond donors (Lipinski definition) is 0. The van der Waals surface area contributed by atoms with Gasteiger partial charge in [-0.15, -0.1) is 0 Å². The van der Waals surface area contributed by atoms with Gasteiger partial charge in [0.1, 0.15) is 11.9 Å². The van der Waals surface area contributed by atoms with Crippen LogP contribution in [0, 0.1) is 5.82 Å². The highest BCUT2D eigenvalue weighted by molar-refractivity contribution is 5.85. The van der Waals surface area contributed by atoms with Crippen LogP contribution < -0.4 is 0 Å². The maximum absolute atomic E-state index is 14.8. The molecule has 34 heavy (non-hydrogen) atoms. The second-order valence-corrected chi connectivity index (χ2v) is 9.32. The number of amides is 2. The molecular weight excluding hydrogens is 429 g/mol. The fraction of sp³-hybridized carbons (Fsp3) is 0.571. The van der Waals surface area contributed by atoms with E-state index in [1.807, 2.05) is 25.3 Å². The first-order valence-corrected chi connectivity index (χ1v) is 13.0. The lowest BCUT2D eigenvalue weighted by Crippen LogP contribution is -2.48. The van der Waals surface area contributed by atoms with E-state index in [0.29, 0.717) is 31.6 Å². The smallest absolute Gasteiger partial charge is 0.243 e. The standard InChI is InChI=1S/C28H40FN3O2/c1-3-5-6-7-8-9-10-17-26(33)31(18-4-2)22-27(34)32-21-20-30-19-13-16-25(30)28(32)23-14-11-12-15-24(23)29/h11-16,19,28H,3-10,17-18,20-22H2,1-2H3. The molecule has 1 aliphatic rings. The van der Waals surface area contributed by atoms with Crippen LogP contribution in [0.15, 0.2) is 42.6 Å².